The van der Waals surface area contributed by atoms with Gasteiger partial charge < -0.3 is 15.5 Å². The van der Waals surface area contributed by atoms with Crippen LogP contribution < -0.4 is 15.5 Å². The lowest BCUT2D eigenvalue weighted by molar-refractivity contribution is 0.806. The molecule has 150 valence electrons. The summed E-state index contributed by atoms with van der Waals surface area (Å²) in [7, 11) is 0. The van der Waals surface area contributed by atoms with Gasteiger partial charge in [0, 0.05) is 37.3 Å². The molecule has 0 bridgehead atoms. The number of rotatable bonds is 7. The molecule has 0 atom stereocenters. The highest BCUT2D eigenvalue weighted by Crippen LogP contribution is 2.21. The van der Waals surface area contributed by atoms with Gasteiger partial charge in [0.1, 0.15) is 5.82 Å². The minimum absolute atomic E-state index is 0.617. The molecule has 3 rings (SSSR count). The van der Waals surface area contributed by atoms with Gasteiger partial charge in [-0.05, 0) is 61.8 Å². The van der Waals surface area contributed by atoms with Gasteiger partial charge in [-0.15, -0.1) is 11.8 Å². The van der Waals surface area contributed by atoms with E-state index in [0.717, 1.165) is 43.5 Å². The van der Waals surface area contributed by atoms with Crippen molar-refractivity contribution < 1.29 is 0 Å². The van der Waals surface area contributed by atoms with Crippen molar-refractivity contribution in [2.45, 2.75) is 44.7 Å². The smallest absolute Gasteiger partial charge is 0.191 e. The first-order valence-electron chi connectivity index (χ1n) is 10.0. The molecule has 28 heavy (non-hydrogen) atoms. The number of anilines is 1. The highest BCUT2D eigenvalue weighted by atomic mass is 32.2. The highest BCUT2D eigenvalue weighted by molar-refractivity contribution is 7.98. The maximum atomic E-state index is 4.73. The number of thioether (sulfide) groups is 1. The number of pyridine rings is 1. The van der Waals surface area contributed by atoms with Crippen molar-refractivity contribution in [2.24, 2.45) is 4.99 Å². The SMILES string of the molecule is CCNC(=NCc1ccc(N2CCCC2)nc1)NCc1ccc(C)cc1SC. The Kier molecular flexibility index (Phi) is 7.60. The molecule has 5 nitrogen and oxygen atoms in total. The van der Waals surface area contributed by atoms with Crippen LogP contribution in [-0.2, 0) is 13.1 Å². The molecule has 0 aliphatic carbocycles. The van der Waals surface area contributed by atoms with E-state index in [1.165, 1.54) is 28.9 Å². The maximum absolute atomic E-state index is 4.73. The van der Waals surface area contributed by atoms with Gasteiger partial charge in [-0.3, -0.25) is 0 Å². The van der Waals surface area contributed by atoms with E-state index in [0.29, 0.717) is 6.54 Å². The lowest BCUT2D eigenvalue weighted by atomic mass is 10.1. The lowest BCUT2D eigenvalue weighted by Crippen LogP contribution is -2.36. The van der Waals surface area contributed by atoms with Crippen LogP contribution >= 0.6 is 11.8 Å². The Bertz CT molecular complexity index is 782. The van der Waals surface area contributed by atoms with Crippen molar-refractivity contribution >= 4 is 23.5 Å². The second kappa shape index (κ2) is 10.4. The van der Waals surface area contributed by atoms with Crippen LogP contribution in [0.3, 0.4) is 0 Å². The highest BCUT2D eigenvalue weighted by Gasteiger charge is 2.12. The predicted octanol–water partition coefficient (Wildman–Crippen LogP) is 3.97. The number of guanidine groups is 1. The van der Waals surface area contributed by atoms with Gasteiger partial charge in [0.05, 0.1) is 6.54 Å². The molecular weight excluding hydrogens is 366 g/mol. The fraction of sp³-hybridized carbons (Fsp3) is 0.455. The quantitative estimate of drug-likeness (QED) is 0.421. The number of nitrogens with zero attached hydrogens (tertiary/aromatic N) is 3. The number of nitrogens with one attached hydrogen (secondary N) is 2. The van der Waals surface area contributed by atoms with E-state index in [1.54, 1.807) is 11.8 Å². The Morgan fingerprint density at radius 1 is 1.18 bits per heavy atom. The summed E-state index contributed by atoms with van der Waals surface area (Å²) < 4.78 is 0. The van der Waals surface area contributed by atoms with E-state index in [1.807, 2.05) is 6.20 Å². The standard InChI is InChI=1S/C22H31N5S/c1-4-23-22(26-16-19-9-7-17(2)13-20(19)28-3)25-15-18-8-10-21(24-14-18)27-11-5-6-12-27/h7-10,13-14H,4-6,11-12,15-16H2,1-3H3,(H2,23,25,26). The summed E-state index contributed by atoms with van der Waals surface area (Å²) >= 11 is 1.78. The Morgan fingerprint density at radius 2 is 2.00 bits per heavy atom. The van der Waals surface area contributed by atoms with E-state index in [4.69, 9.17) is 4.99 Å². The van der Waals surface area contributed by atoms with Gasteiger partial charge in [-0.1, -0.05) is 18.2 Å². The molecular formula is C22H31N5S. The molecule has 0 amide bonds. The van der Waals surface area contributed by atoms with Gasteiger partial charge in [0.25, 0.3) is 0 Å². The van der Waals surface area contributed by atoms with Gasteiger partial charge in [0.2, 0.25) is 0 Å². The number of hydrogen-bond donors (Lipinski definition) is 2. The van der Waals surface area contributed by atoms with Crippen molar-refractivity contribution in [1.29, 1.82) is 0 Å². The molecule has 0 saturated carbocycles. The summed E-state index contributed by atoms with van der Waals surface area (Å²) in [5.74, 6) is 1.91. The van der Waals surface area contributed by atoms with E-state index in [9.17, 15) is 0 Å². The van der Waals surface area contributed by atoms with Gasteiger partial charge in [-0.25, -0.2) is 9.98 Å². The Morgan fingerprint density at radius 3 is 2.68 bits per heavy atom. The molecule has 1 aromatic carbocycles. The summed E-state index contributed by atoms with van der Waals surface area (Å²) in [6, 6.07) is 10.8. The average molecular weight is 398 g/mol. The van der Waals surface area contributed by atoms with Crippen LogP contribution in [0.15, 0.2) is 46.4 Å². The van der Waals surface area contributed by atoms with Crippen LogP contribution in [0.1, 0.15) is 36.5 Å². The van der Waals surface area contributed by atoms with Crippen LogP contribution in [-0.4, -0.2) is 36.8 Å². The van der Waals surface area contributed by atoms with E-state index < -0.39 is 0 Å². The third-order valence-corrected chi connectivity index (χ3v) is 5.71. The Hall–Kier alpha value is -2.21. The summed E-state index contributed by atoms with van der Waals surface area (Å²) in [4.78, 5) is 13.0. The molecule has 0 spiro atoms. The zero-order valence-electron chi connectivity index (χ0n) is 17.2. The fourth-order valence-electron chi connectivity index (χ4n) is 3.33. The van der Waals surface area contributed by atoms with Crippen LogP contribution in [0.2, 0.25) is 0 Å². The summed E-state index contributed by atoms with van der Waals surface area (Å²) in [5, 5.41) is 6.79. The first-order chi connectivity index (χ1) is 13.7. The van der Waals surface area contributed by atoms with Gasteiger partial charge in [-0.2, -0.15) is 0 Å². The molecule has 1 fully saturated rings. The molecule has 6 heteroatoms. The summed E-state index contributed by atoms with van der Waals surface area (Å²) in [6.45, 7) is 8.67. The summed E-state index contributed by atoms with van der Waals surface area (Å²) in [5.41, 5.74) is 3.71. The van der Waals surface area contributed by atoms with E-state index in [2.05, 4.69) is 71.0 Å². The minimum Gasteiger partial charge on any atom is -0.357 e. The molecule has 1 saturated heterocycles. The third-order valence-electron chi connectivity index (χ3n) is 4.89. The molecule has 0 radical (unpaired) electrons. The average Bonchev–Trinajstić information content (AvgIpc) is 3.26. The Balaban J connectivity index is 1.60. The zero-order chi connectivity index (χ0) is 19.8. The lowest BCUT2D eigenvalue weighted by Gasteiger charge is -2.16. The van der Waals surface area contributed by atoms with Crippen LogP contribution in [0.5, 0.6) is 0 Å². The largest absolute Gasteiger partial charge is 0.357 e. The van der Waals surface area contributed by atoms with Crippen molar-refractivity contribution in [3.63, 3.8) is 0 Å². The Labute approximate surface area is 173 Å². The first kappa shape index (κ1) is 20.5. The fourth-order valence-corrected chi connectivity index (χ4v) is 4.04. The minimum atomic E-state index is 0.617. The molecule has 0 unspecified atom stereocenters. The van der Waals surface area contributed by atoms with E-state index >= 15 is 0 Å². The monoisotopic (exact) mass is 397 g/mol. The second-order valence-corrected chi connectivity index (χ2v) is 7.93. The van der Waals surface area contributed by atoms with Crippen molar-refractivity contribution in [1.82, 2.24) is 15.6 Å². The van der Waals surface area contributed by atoms with E-state index in [-0.39, 0.29) is 0 Å². The molecule has 2 aromatic rings. The number of hydrogen-bond acceptors (Lipinski definition) is 4. The topological polar surface area (TPSA) is 52.6 Å². The zero-order valence-corrected chi connectivity index (χ0v) is 18.0. The molecule has 1 aliphatic rings. The van der Waals surface area contributed by atoms with Crippen molar-refractivity contribution in [2.75, 3.05) is 30.8 Å². The number of aryl methyl sites for hydroxylation is 1. The molecule has 1 aliphatic heterocycles. The number of benzene rings is 1. The molecule has 2 heterocycles. The van der Waals surface area contributed by atoms with Gasteiger partial charge in [0.15, 0.2) is 5.96 Å². The second-order valence-electron chi connectivity index (χ2n) is 7.08. The maximum Gasteiger partial charge on any atom is 0.191 e. The van der Waals surface area contributed by atoms with Crippen LogP contribution in [0.25, 0.3) is 0 Å². The van der Waals surface area contributed by atoms with Gasteiger partial charge >= 0.3 is 0 Å². The first-order valence-corrected chi connectivity index (χ1v) is 11.3. The van der Waals surface area contributed by atoms with Crippen LogP contribution in [0.4, 0.5) is 5.82 Å². The van der Waals surface area contributed by atoms with Crippen LogP contribution in [0, 0.1) is 6.92 Å². The normalized spacial score (nSPS) is 14.4. The molecule has 2 N–H and O–H groups in total. The molecule has 1 aromatic heterocycles. The van der Waals surface area contributed by atoms with Crippen molar-refractivity contribution in [3.8, 4) is 0 Å². The number of aliphatic imine (C=N–C) groups is 1. The third kappa shape index (κ3) is 5.64. The number of aromatic nitrogens is 1. The van der Waals surface area contributed by atoms with Crippen molar-refractivity contribution in [3.05, 3.63) is 53.2 Å². The summed E-state index contributed by atoms with van der Waals surface area (Å²) in [6.07, 6.45) is 6.61. The predicted molar refractivity (Wildman–Crippen MR) is 120 cm³/mol.